The molecule has 2 aromatic rings. The first kappa shape index (κ1) is 30.8. The smallest absolute Gasteiger partial charge is 0.339 e. The second-order valence-corrected chi connectivity index (χ2v) is 12.0. The number of carbonyl (C=O) groups excluding carboxylic acids is 2. The van der Waals surface area contributed by atoms with Gasteiger partial charge in [-0.05, 0) is 81.2 Å². The second kappa shape index (κ2) is 11.8. The van der Waals surface area contributed by atoms with Crippen LogP contribution in [-0.4, -0.2) is 78.1 Å². The number of benzene rings is 2. The number of anilines is 2. The largest absolute Gasteiger partial charge is 0.417 e. The van der Waals surface area contributed by atoms with E-state index in [0.29, 0.717) is 25.1 Å². The summed E-state index contributed by atoms with van der Waals surface area (Å²) in [4.78, 5) is 33.1. The molecule has 228 valence electrons. The molecule has 3 saturated heterocycles. The SMILES string of the molecule is CC1(C)C(=O)N(c2ccc(C#N)c(C(F)(F)F)c2)C(=S)N1c1ccc(C(=O)N2CCC(CN3CCNCC3)CC2)c(F)c1. The van der Waals surface area contributed by atoms with E-state index in [1.165, 1.54) is 43.0 Å². The molecule has 0 aromatic heterocycles. The predicted molar refractivity (Wildman–Crippen MR) is 157 cm³/mol. The van der Waals surface area contributed by atoms with Gasteiger partial charge in [-0.3, -0.25) is 14.5 Å². The maximum atomic E-state index is 15.5. The van der Waals surface area contributed by atoms with Crippen molar-refractivity contribution in [2.24, 2.45) is 5.92 Å². The summed E-state index contributed by atoms with van der Waals surface area (Å²) in [6.07, 6.45) is -3.14. The van der Waals surface area contributed by atoms with E-state index < -0.39 is 40.5 Å². The van der Waals surface area contributed by atoms with Crippen molar-refractivity contribution in [1.29, 1.82) is 5.26 Å². The molecule has 5 rings (SSSR count). The Morgan fingerprint density at radius 2 is 1.72 bits per heavy atom. The van der Waals surface area contributed by atoms with E-state index in [1.54, 1.807) is 4.90 Å². The molecule has 0 unspecified atom stereocenters. The van der Waals surface area contributed by atoms with Crippen molar-refractivity contribution < 1.29 is 27.2 Å². The van der Waals surface area contributed by atoms with Gasteiger partial charge in [-0.2, -0.15) is 18.4 Å². The first-order valence-electron chi connectivity index (χ1n) is 14.1. The minimum absolute atomic E-state index is 0.0997. The van der Waals surface area contributed by atoms with Gasteiger partial charge in [0.2, 0.25) is 0 Å². The van der Waals surface area contributed by atoms with E-state index in [2.05, 4.69) is 10.2 Å². The summed E-state index contributed by atoms with van der Waals surface area (Å²) in [5, 5.41) is 12.3. The Hall–Kier alpha value is -3.60. The fourth-order valence-corrected chi connectivity index (χ4v) is 6.55. The number of alkyl halides is 3. The molecule has 3 aliphatic rings. The van der Waals surface area contributed by atoms with Crippen LogP contribution >= 0.6 is 12.2 Å². The Morgan fingerprint density at radius 3 is 2.33 bits per heavy atom. The Kier molecular flexibility index (Phi) is 8.48. The van der Waals surface area contributed by atoms with Crippen molar-refractivity contribution in [2.45, 2.75) is 38.4 Å². The third-order valence-corrected chi connectivity index (χ3v) is 8.79. The van der Waals surface area contributed by atoms with Gasteiger partial charge in [0, 0.05) is 51.5 Å². The molecule has 2 aromatic carbocycles. The van der Waals surface area contributed by atoms with Crippen LogP contribution < -0.4 is 15.1 Å². The summed E-state index contributed by atoms with van der Waals surface area (Å²) >= 11 is 5.53. The highest BCUT2D eigenvalue weighted by atomic mass is 32.1. The molecule has 0 spiro atoms. The van der Waals surface area contributed by atoms with E-state index in [1.807, 2.05) is 0 Å². The van der Waals surface area contributed by atoms with Crippen LogP contribution in [-0.2, 0) is 11.0 Å². The Labute approximate surface area is 252 Å². The molecule has 8 nitrogen and oxygen atoms in total. The van der Waals surface area contributed by atoms with Gasteiger partial charge in [0.25, 0.3) is 11.8 Å². The summed E-state index contributed by atoms with van der Waals surface area (Å²) < 4.78 is 56.3. The molecule has 0 bridgehead atoms. The van der Waals surface area contributed by atoms with E-state index in [9.17, 15) is 22.8 Å². The second-order valence-electron chi connectivity index (χ2n) is 11.6. The maximum Gasteiger partial charge on any atom is 0.417 e. The van der Waals surface area contributed by atoms with Crippen molar-refractivity contribution in [3.63, 3.8) is 0 Å². The Balaban J connectivity index is 1.33. The highest BCUT2D eigenvalue weighted by Crippen LogP contribution is 2.40. The van der Waals surface area contributed by atoms with E-state index >= 15 is 4.39 Å². The van der Waals surface area contributed by atoms with Crippen LogP contribution in [0.15, 0.2) is 36.4 Å². The maximum absolute atomic E-state index is 15.5. The van der Waals surface area contributed by atoms with Crippen LogP contribution in [0.1, 0.15) is 48.2 Å². The van der Waals surface area contributed by atoms with Crippen molar-refractivity contribution in [3.05, 3.63) is 58.9 Å². The van der Waals surface area contributed by atoms with Gasteiger partial charge in [0.05, 0.1) is 28.4 Å². The van der Waals surface area contributed by atoms with E-state index in [-0.39, 0.29) is 22.1 Å². The number of piperazine rings is 1. The molecule has 0 atom stereocenters. The van der Waals surface area contributed by atoms with Crippen LogP contribution in [0.2, 0.25) is 0 Å². The van der Waals surface area contributed by atoms with Gasteiger partial charge in [-0.25, -0.2) is 4.39 Å². The van der Waals surface area contributed by atoms with Crippen LogP contribution in [0.4, 0.5) is 28.9 Å². The number of halogens is 4. The monoisotopic (exact) mass is 616 g/mol. The molecule has 0 aliphatic carbocycles. The molecule has 43 heavy (non-hydrogen) atoms. The number of nitrogens with zero attached hydrogens (tertiary/aromatic N) is 5. The highest BCUT2D eigenvalue weighted by molar-refractivity contribution is 7.81. The lowest BCUT2D eigenvalue weighted by Crippen LogP contribution is -2.47. The lowest BCUT2D eigenvalue weighted by atomic mass is 9.95. The van der Waals surface area contributed by atoms with Gasteiger partial charge >= 0.3 is 6.18 Å². The normalized spacial score (nSPS) is 20.1. The van der Waals surface area contributed by atoms with Gasteiger partial charge < -0.3 is 20.0 Å². The predicted octanol–water partition coefficient (Wildman–Crippen LogP) is 4.39. The van der Waals surface area contributed by atoms with Gasteiger partial charge in [-0.15, -0.1) is 0 Å². The minimum atomic E-state index is -4.83. The summed E-state index contributed by atoms with van der Waals surface area (Å²) in [6, 6.07) is 8.38. The summed E-state index contributed by atoms with van der Waals surface area (Å²) in [7, 11) is 0. The Morgan fingerprint density at radius 1 is 1.07 bits per heavy atom. The summed E-state index contributed by atoms with van der Waals surface area (Å²) in [6.45, 7) is 9.10. The molecule has 13 heteroatoms. The molecule has 2 amide bonds. The first-order chi connectivity index (χ1) is 20.3. The van der Waals surface area contributed by atoms with E-state index in [4.69, 9.17) is 17.5 Å². The van der Waals surface area contributed by atoms with Crippen molar-refractivity contribution >= 4 is 40.5 Å². The third kappa shape index (κ3) is 5.96. The zero-order valence-electron chi connectivity index (χ0n) is 23.9. The number of nitrogens with one attached hydrogen (secondary N) is 1. The van der Waals surface area contributed by atoms with Crippen LogP contribution in [0.3, 0.4) is 0 Å². The number of amides is 2. The fraction of sp³-hybridized carbons (Fsp3) is 0.467. The molecule has 0 radical (unpaired) electrons. The van der Waals surface area contributed by atoms with Crippen molar-refractivity contribution in [2.75, 3.05) is 55.6 Å². The molecular formula is C30H32F4N6O2S. The first-order valence-corrected chi connectivity index (χ1v) is 14.6. The van der Waals surface area contributed by atoms with Gasteiger partial charge in [0.1, 0.15) is 11.4 Å². The number of hydrogen-bond acceptors (Lipinski definition) is 6. The average Bonchev–Trinajstić information content (AvgIpc) is 3.15. The molecule has 3 heterocycles. The number of piperidine rings is 1. The lowest BCUT2D eigenvalue weighted by Gasteiger charge is -2.36. The number of hydrogen-bond donors (Lipinski definition) is 1. The number of carbonyl (C=O) groups is 2. The lowest BCUT2D eigenvalue weighted by molar-refractivity contribution is -0.137. The molecule has 1 N–H and O–H groups in total. The standard InChI is InChI=1S/C30H32F4N6O2S/c1-29(2)27(42)39(21-4-3-20(17-35)24(15-21)30(32,33)34)28(43)40(29)22-5-6-23(25(31)16-22)26(41)38-11-7-19(8-12-38)18-37-13-9-36-10-14-37/h3-6,15-16,19,36H,7-14,18H2,1-2H3. The van der Waals surface area contributed by atoms with Gasteiger partial charge in [-0.1, -0.05) is 0 Å². The minimum Gasteiger partial charge on any atom is -0.339 e. The third-order valence-electron chi connectivity index (χ3n) is 8.42. The van der Waals surface area contributed by atoms with Crippen LogP contribution in [0, 0.1) is 23.1 Å². The summed E-state index contributed by atoms with van der Waals surface area (Å²) in [5.41, 5.74) is -3.24. The van der Waals surface area contributed by atoms with Crippen molar-refractivity contribution in [1.82, 2.24) is 15.1 Å². The van der Waals surface area contributed by atoms with Crippen LogP contribution in [0.5, 0.6) is 0 Å². The van der Waals surface area contributed by atoms with Crippen LogP contribution in [0.25, 0.3) is 0 Å². The number of nitriles is 1. The fourth-order valence-electron chi connectivity index (χ4n) is 6.02. The number of thiocarbonyl (C=S) groups is 1. The average molecular weight is 617 g/mol. The zero-order valence-corrected chi connectivity index (χ0v) is 24.7. The molecule has 0 saturated carbocycles. The zero-order chi connectivity index (χ0) is 31.1. The summed E-state index contributed by atoms with van der Waals surface area (Å²) in [5.74, 6) is -1.34. The number of likely N-dealkylation sites (tertiary alicyclic amines) is 1. The topological polar surface area (TPSA) is 82.9 Å². The van der Waals surface area contributed by atoms with Gasteiger partial charge in [0.15, 0.2) is 5.11 Å². The molecule has 3 fully saturated rings. The quantitative estimate of drug-likeness (QED) is 0.394. The molecular weight excluding hydrogens is 584 g/mol. The van der Waals surface area contributed by atoms with Crippen molar-refractivity contribution in [3.8, 4) is 6.07 Å². The molecule has 3 aliphatic heterocycles. The number of rotatable bonds is 5. The van der Waals surface area contributed by atoms with E-state index in [0.717, 1.165) is 62.6 Å². The highest BCUT2D eigenvalue weighted by Gasteiger charge is 2.51. The Bertz CT molecular complexity index is 1480.